The third-order valence-electron chi connectivity index (χ3n) is 2.57. The largest absolute Gasteiger partial charge is 0.435 e. The predicted molar refractivity (Wildman–Crippen MR) is 58.3 cm³/mol. The maximum absolute atomic E-state index is 12.6. The fraction of sp³-hybridized carbons (Fsp3) is 0.167. The normalized spacial score (nSPS) is 12.2. The topological polar surface area (TPSA) is 41.6 Å². The van der Waals surface area contributed by atoms with Crippen LogP contribution in [0.1, 0.15) is 16.8 Å². The summed E-state index contributed by atoms with van der Waals surface area (Å²) in [5.74, 6) is 0. The van der Waals surface area contributed by atoms with E-state index in [9.17, 15) is 26.3 Å². The van der Waals surface area contributed by atoms with Crippen molar-refractivity contribution >= 4 is 0 Å². The maximum atomic E-state index is 12.6. The summed E-state index contributed by atoms with van der Waals surface area (Å²) in [7, 11) is 0. The molecule has 3 nitrogen and oxygen atoms in total. The van der Waals surface area contributed by atoms with E-state index in [-0.39, 0.29) is 5.69 Å². The van der Waals surface area contributed by atoms with E-state index in [1.165, 1.54) is 6.07 Å². The molecule has 1 aromatic heterocycles. The second kappa shape index (κ2) is 4.80. The summed E-state index contributed by atoms with van der Waals surface area (Å²) < 4.78 is 75.8. The quantitative estimate of drug-likeness (QED) is 0.752. The Balaban J connectivity index is 2.48. The first-order valence-corrected chi connectivity index (χ1v) is 5.37. The molecule has 0 fully saturated rings. The lowest BCUT2D eigenvalue weighted by atomic mass is 10.1. The van der Waals surface area contributed by atoms with Crippen molar-refractivity contribution < 1.29 is 26.3 Å². The van der Waals surface area contributed by atoms with E-state index in [1.807, 2.05) is 0 Å². The summed E-state index contributed by atoms with van der Waals surface area (Å²) in [5, 5.41) is 11.9. The molecule has 0 saturated heterocycles. The fourth-order valence-corrected chi connectivity index (χ4v) is 1.63. The Kier molecular flexibility index (Phi) is 3.41. The summed E-state index contributed by atoms with van der Waals surface area (Å²) in [6, 6.07) is 4.45. The Morgan fingerprint density at radius 3 is 2.14 bits per heavy atom. The molecule has 0 atom stereocenters. The van der Waals surface area contributed by atoms with Crippen LogP contribution in [0, 0.1) is 11.3 Å². The fourth-order valence-electron chi connectivity index (χ4n) is 1.63. The second-order valence-electron chi connectivity index (χ2n) is 3.98. The SMILES string of the molecule is N#Cc1cc(-n2ccc(C(F)(F)F)n2)ccc1C(F)(F)F. The summed E-state index contributed by atoms with van der Waals surface area (Å²) in [4.78, 5) is 0. The van der Waals surface area contributed by atoms with Crippen LogP contribution in [0.4, 0.5) is 26.3 Å². The van der Waals surface area contributed by atoms with Gasteiger partial charge < -0.3 is 0 Å². The molecule has 2 rings (SSSR count). The first-order chi connectivity index (χ1) is 9.63. The lowest BCUT2D eigenvalue weighted by Crippen LogP contribution is -2.10. The van der Waals surface area contributed by atoms with Gasteiger partial charge in [0.15, 0.2) is 5.69 Å². The lowest BCUT2D eigenvalue weighted by molar-refractivity contribution is -0.141. The predicted octanol–water partition coefficient (Wildman–Crippen LogP) is 3.78. The number of halogens is 6. The van der Waals surface area contributed by atoms with E-state index < -0.39 is 29.2 Å². The maximum Gasteiger partial charge on any atom is 0.435 e. The van der Waals surface area contributed by atoms with Gasteiger partial charge in [0.05, 0.1) is 22.9 Å². The van der Waals surface area contributed by atoms with Gasteiger partial charge in [0.1, 0.15) is 0 Å². The molecular formula is C12H5F6N3. The first kappa shape index (κ1) is 14.9. The Morgan fingerprint density at radius 1 is 1.00 bits per heavy atom. The number of hydrogen-bond donors (Lipinski definition) is 0. The van der Waals surface area contributed by atoms with Gasteiger partial charge in [-0.1, -0.05) is 0 Å². The highest BCUT2D eigenvalue weighted by atomic mass is 19.4. The standard InChI is InChI=1S/C12H5F6N3/c13-11(14,15)9-2-1-8(5-7(9)6-19)21-4-3-10(20-21)12(16,17)18/h1-5H. The molecule has 0 aliphatic rings. The van der Waals surface area contributed by atoms with E-state index >= 15 is 0 Å². The van der Waals surface area contributed by atoms with Gasteiger partial charge in [-0.25, -0.2) is 4.68 Å². The number of alkyl halides is 6. The van der Waals surface area contributed by atoms with E-state index in [2.05, 4.69) is 5.10 Å². The lowest BCUT2D eigenvalue weighted by Gasteiger charge is -2.10. The number of rotatable bonds is 1. The molecule has 0 N–H and O–H groups in total. The summed E-state index contributed by atoms with van der Waals surface area (Å²) in [6.45, 7) is 0. The minimum Gasteiger partial charge on any atom is -0.240 e. The van der Waals surface area contributed by atoms with E-state index in [0.29, 0.717) is 12.1 Å². The van der Waals surface area contributed by atoms with Gasteiger partial charge in [-0.15, -0.1) is 0 Å². The van der Waals surface area contributed by atoms with Crippen LogP contribution in [-0.2, 0) is 12.4 Å². The zero-order valence-corrected chi connectivity index (χ0v) is 10.00. The molecule has 0 amide bonds. The molecule has 1 heterocycles. The molecule has 0 aliphatic carbocycles. The van der Waals surface area contributed by atoms with Crippen molar-refractivity contribution in [2.75, 3.05) is 0 Å². The Labute approximate surface area is 114 Å². The van der Waals surface area contributed by atoms with Crippen LogP contribution in [-0.4, -0.2) is 9.78 Å². The van der Waals surface area contributed by atoms with Gasteiger partial charge in [-0.05, 0) is 24.3 Å². The zero-order chi connectivity index (χ0) is 15.8. The molecule has 0 saturated carbocycles. The van der Waals surface area contributed by atoms with Crippen molar-refractivity contribution in [1.82, 2.24) is 9.78 Å². The molecule has 21 heavy (non-hydrogen) atoms. The third-order valence-corrected chi connectivity index (χ3v) is 2.57. The number of nitriles is 1. The first-order valence-electron chi connectivity index (χ1n) is 5.37. The average molecular weight is 305 g/mol. The number of benzene rings is 1. The molecule has 0 aliphatic heterocycles. The Morgan fingerprint density at radius 2 is 1.67 bits per heavy atom. The highest BCUT2D eigenvalue weighted by Gasteiger charge is 2.35. The molecule has 0 bridgehead atoms. The second-order valence-corrected chi connectivity index (χ2v) is 3.98. The van der Waals surface area contributed by atoms with Crippen molar-refractivity contribution in [2.45, 2.75) is 12.4 Å². The molecule has 0 spiro atoms. The molecular weight excluding hydrogens is 300 g/mol. The van der Waals surface area contributed by atoms with E-state index in [4.69, 9.17) is 5.26 Å². The highest BCUT2D eigenvalue weighted by molar-refractivity contribution is 5.47. The zero-order valence-electron chi connectivity index (χ0n) is 10.00. The highest BCUT2D eigenvalue weighted by Crippen LogP contribution is 2.33. The van der Waals surface area contributed by atoms with Crippen LogP contribution in [0.15, 0.2) is 30.5 Å². The van der Waals surface area contributed by atoms with Crippen molar-refractivity contribution in [3.8, 4) is 11.8 Å². The van der Waals surface area contributed by atoms with Gasteiger partial charge in [-0.3, -0.25) is 0 Å². The van der Waals surface area contributed by atoms with Crippen molar-refractivity contribution in [1.29, 1.82) is 5.26 Å². The van der Waals surface area contributed by atoms with E-state index in [1.54, 1.807) is 0 Å². The molecule has 1 aromatic carbocycles. The van der Waals surface area contributed by atoms with Gasteiger partial charge in [0.2, 0.25) is 0 Å². The molecule has 110 valence electrons. The van der Waals surface area contributed by atoms with E-state index in [0.717, 1.165) is 23.0 Å². The Bertz CT molecular complexity index is 705. The Hall–Kier alpha value is -2.50. The molecule has 0 radical (unpaired) electrons. The third kappa shape index (κ3) is 2.99. The van der Waals surface area contributed by atoms with Crippen LogP contribution in [0.3, 0.4) is 0 Å². The van der Waals surface area contributed by atoms with Gasteiger partial charge >= 0.3 is 12.4 Å². The smallest absolute Gasteiger partial charge is 0.240 e. The van der Waals surface area contributed by atoms with Gasteiger partial charge in [0.25, 0.3) is 0 Å². The summed E-state index contributed by atoms with van der Waals surface area (Å²) in [5.41, 5.74) is -3.10. The number of aromatic nitrogens is 2. The van der Waals surface area contributed by atoms with Crippen LogP contribution in [0.5, 0.6) is 0 Å². The number of nitrogens with zero attached hydrogens (tertiary/aromatic N) is 3. The minimum atomic E-state index is -4.72. The molecule has 0 unspecified atom stereocenters. The molecule has 9 heteroatoms. The van der Waals surface area contributed by atoms with Crippen molar-refractivity contribution in [3.63, 3.8) is 0 Å². The van der Waals surface area contributed by atoms with Crippen LogP contribution in [0.2, 0.25) is 0 Å². The summed E-state index contributed by atoms with van der Waals surface area (Å²) in [6.07, 6.45) is -8.42. The van der Waals surface area contributed by atoms with Gasteiger partial charge in [0, 0.05) is 6.20 Å². The van der Waals surface area contributed by atoms with Crippen LogP contribution < -0.4 is 0 Å². The van der Waals surface area contributed by atoms with Gasteiger partial charge in [-0.2, -0.15) is 36.7 Å². The summed E-state index contributed by atoms with van der Waals surface area (Å²) >= 11 is 0. The number of hydrogen-bond acceptors (Lipinski definition) is 2. The van der Waals surface area contributed by atoms with Crippen molar-refractivity contribution in [3.05, 3.63) is 47.3 Å². The monoisotopic (exact) mass is 305 g/mol. The van der Waals surface area contributed by atoms with Crippen molar-refractivity contribution in [2.24, 2.45) is 0 Å². The molecule has 2 aromatic rings. The minimum absolute atomic E-state index is 0.0740. The van der Waals surface area contributed by atoms with Crippen LogP contribution >= 0.6 is 0 Å². The average Bonchev–Trinajstić information content (AvgIpc) is 2.86. The van der Waals surface area contributed by atoms with Crippen LogP contribution in [0.25, 0.3) is 5.69 Å².